The standard InChI is InChI=1S/C14H20N4O2S2/c1-9-10(2)21-14-12(9)13(15-8-16-14)18-5-4-11(7-18)6-17-22(3,19)20/h8,11,17H,4-7H2,1-3H3. The van der Waals surface area contributed by atoms with Crippen LogP contribution in [-0.4, -0.2) is 44.3 Å². The minimum atomic E-state index is -3.12. The smallest absolute Gasteiger partial charge is 0.208 e. The molecule has 1 atom stereocenters. The van der Waals surface area contributed by atoms with Gasteiger partial charge in [-0.3, -0.25) is 0 Å². The monoisotopic (exact) mass is 340 g/mol. The van der Waals surface area contributed by atoms with E-state index in [0.29, 0.717) is 12.5 Å². The van der Waals surface area contributed by atoms with Crippen molar-refractivity contribution >= 4 is 37.4 Å². The first kappa shape index (κ1) is 15.6. The number of nitrogens with one attached hydrogen (secondary N) is 1. The molecule has 2 aromatic heterocycles. The van der Waals surface area contributed by atoms with Crippen LogP contribution in [0.3, 0.4) is 0 Å². The summed E-state index contributed by atoms with van der Waals surface area (Å²) in [6.45, 7) is 6.43. The van der Waals surface area contributed by atoms with Crippen LogP contribution in [0.15, 0.2) is 6.33 Å². The van der Waals surface area contributed by atoms with Crippen LogP contribution in [-0.2, 0) is 10.0 Å². The maximum absolute atomic E-state index is 11.2. The number of hydrogen-bond acceptors (Lipinski definition) is 6. The molecule has 1 saturated heterocycles. The van der Waals surface area contributed by atoms with Crippen molar-refractivity contribution in [3.05, 3.63) is 16.8 Å². The van der Waals surface area contributed by atoms with Gasteiger partial charge in [-0.05, 0) is 31.7 Å². The molecule has 8 heteroatoms. The maximum Gasteiger partial charge on any atom is 0.208 e. The number of anilines is 1. The van der Waals surface area contributed by atoms with Crippen molar-refractivity contribution in [2.24, 2.45) is 5.92 Å². The van der Waals surface area contributed by atoms with Crippen LogP contribution in [0.4, 0.5) is 5.82 Å². The lowest BCUT2D eigenvalue weighted by Gasteiger charge is -2.18. The number of fused-ring (bicyclic) bond motifs is 1. The molecule has 120 valence electrons. The van der Waals surface area contributed by atoms with E-state index in [1.165, 1.54) is 16.7 Å². The summed E-state index contributed by atoms with van der Waals surface area (Å²) < 4.78 is 25.0. The molecule has 3 heterocycles. The molecule has 0 aromatic carbocycles. The molecule has 22 heavy (non-hydrogen) atoms. The van der Waals surface area contributed by atoms with Crippen LogP contribution >= 0.6 is 11.3 Å². The Morgan fingerprint density at radius 2 is 2.18 bits per heavy atom. The van der Waals surface area contributed by atoms with Crippen LogP contribution in [0.1, 0.15) is 16.9 Å². The highest BCUT2D eigenvalue weighted by Crippen LogP contribution is 2.35. The first-order valence-corrected chi connectivity index (χ1v) is 9.96. The van der Waals surface area contributed by atoms with Gasteiger partial charge in [-0.1, -0.05) is 0 Å². The van der Waals surface area contributed by atoms with Crippen LogP contribution in [0.2, 0.25) is 0 Å². The Bertz CT molecular complexity index is 801. The second-order valence-corrected chi connectivity index (χ2v) is 8.92. The molecule has 1 aliphatic rings. The van der Waals surface area contributed by atoms with Gasteiger partial charge in [0.25, 0.3) is 0 Å². The lowest BCUT2D eigenvalue weighted by atomic mass is 10.1. The van der Waals surface area contributed by atoms with Crippen LogP contribution in [0, 0.1) is 19.8 Å². The summed E-state index contributed by atoms with van der Waals surface area (Å²) in [6.07, 6.45) is 3.79. The Hall–Kier alpha value is -1.25. The summed E-state index contributed by atoms with van der Waals surface area (Å²) in [5.41, 5.74) is 1.24. The van der Waals surface area contributed by atoms with Crippen molar-refractivity contribution in [1.29, 1.82) is 0 Å². The Morgan fingerprint density at radius 1 is 1.41 bits per heavy atom. The summed E-state index contributed by atoms with van der Waals surface area (Å²) in [4.78, 5) is 13.4. The second kappa shape index (κ2) is 5.75. The molecule has 0 saturated carbocycles. The van der Waals surface area contributed by atoms with E-state index in [2.05, 4.69) is 33.4 Å². The predicted molar refractivity (Wildman–Crippen MR) is 90.1 cm³/mol. The molecular formula is C14H20N4O2S2. The zero-order valence-corrected chi connectivity index (χ0v) is 14.6. The zero-order chi connectivity index (χ0) is 15.9. The van der Waals surface area contributed by atoms with E-state index in [-0.39, 0.29) is 0 Å². The molecule has 1 fully saturated rings. The van der Waals surface area contributed by atoms with Gasteiger partial charge in [-0.25, -0.2) is 23.1 Å². The quantitative estimate of drug-likeness (QED) is 0.916. The van der Waals surface area contributed by atoms with E-state index in [4.69, 9.17) is 0 Å². The number of nitrogens with zero attached hydrogens (tertiary/aromatic N) is 3. The van der Waals surface area contributed by atoms with Crippen LogP contribution in [0.5, 0.6) is 0 Å². The van der Waals surface area contributed by atoms with Gasteiger partial charge in [0.15, 0.2) is 0 Å². The summed E-state index contributed by atoms with van der Waals surface area (Å²) in [6, 6.07) is 0. The highest BCUT2D eigenvalue weighted by Gasteiger charge is 2.26. The second-order valence-electron chi connectivity index (χ2n) is 5.88. The average Bonchev–Trinajstić information content (AvgIpc) is 3.02. The topological polar surface area (TPSA) is 75.2 Å². The molecule has 0 spiro atoms. The summed E-state index contributed by atoms with van der Waals surface area (Å²) in [5, 5.41) is 1.14. The molecule has 1 aliphatic heterocycles. The lowest BCUT2D eigenvalue weighted by molar-refractivity contribution is 0.545. The van der Waals surface area contributed by atoms with Crippen molar-refractivity contribution in [2.45, 2.75) is 20.3 Å². The number of sulfonamides is 1. The third-order valence-electron chi connectivity index (χ3n) is 4.16. The first-order valence-electron chi connectivity index (χ1n) is 7.25. The Labute approximate surface area is 134 Å². The van der Waals surface area contributed by atoms with Gasteiger partial charge in [-0.15, -0.1) is 11.3 Å². The fourth-order valence-corrected chi connectivity index (χ4v) is 4.39. The molecule has 6 nitrogen and oxygen atoms in total. The van der Waals surface area contributed by atoms with E-state index in [0.717, 1.165) is 35.5 Å². The molecule has 3 rings (SSSR count). The van der Waals surface area contributed by atoms with Gasteiger partial charge < -0.3 is 4.90 Å². The highest BCUT2D eigenvalue weighted by molar-refractivity contribution is 7.88. The fourth-order valence-electron chi connectivity index (χ4n) is 2.86. The van der Waals surface area contributed by atoms with Gasteiger partial charge in [0, 0.05) is 24.5 Å². The fraction of sp³-hybridized carbons (Fsp3) is 0.571. The van der Waals surface area contributed by atoms with Gasteiger partial charge in [0.05, 0.1) is 11.6 Å². The largest absolute Gasteiger partial charge is 0.356 e. The molecule has 0 amide bonds. The number of aromatic nitrogens is 2. The summed E-state index contributed by atoms with van der Waals surface area (Å²) in [7, 11) is -3.12. The number of hydrogen-bond donors (Lipinski definition) is 1. The molecule has 0 bridgehead atoms. The van der Waals surface area contributed by atoms with Crippen molar-refractivity contribution in [3.8, 4) is 0 Å². The molecule has 0 radical (unpaired) electrons. The SMILES string of the molecule is Cc1sc2ncnc(N3CCC(CNS(C)(=O)=O)C3)c2c1C. The highest BCUT2D eigenvalue weighted by atomic mass is 32.2. The molecule has 1 N–H and O–H groups in total. The first-order chi connectivity index (χ1) is 10.3. The predicted octanol–water partition coefficient (Wildman–Crippen LogP) is 1.68. The lowest BCUT2D eigenvalue weighted by Crippen LogP contribution is -2.30. The molecule has 2 aromatic rings. The third-order valence-corrected chi connectivity index (χ3v) is 5.97. The number of aryl methyl sites for hydroxylation is 2. The van der Waals surface area contributed by atoms with Crippen LogP contribution in [0.25, 0.3) is 10.2 Å². The normalized spacial score (nSPS) is 19.2. The molecular weight excluding hydrogens is 320 g/mol. The van der Waals surface area contributed by atoms with E-state index in [1.807, 2.05) is 0 Å². The zero-order valence-electron chi connectivity index (χ0n) is 13.0. The Kier molecular flexibility index (Phi) is 4.09. The van der Waals surface area contributed by atoms with Crippen molar-refractivity contribution in [2.75, 3.05) is 30.8 Å². The molecule has 1 unspecified atom stereocenters. The van der Waals surface area contributed by atoms with Gasteiger partial charge in [0.2, 0.25) is 10.0 Å². The Morgan fingerprint density at radius 3 is 2.91 bits per heavy atom. The van der Waals surface area contributed by atoms with E-state index < -0.39 is 10.0 Å². The van der Waals surface area contributed by atoms with Gasteiger partial charge >= 0.3 is 0 Å². The van der Waals surface area contributed by atoms with Gasteiger partial charge in [-0.2, -0.15) is 0 Å². The molecule has 0 aliphatic carbocycles. The minimum absolute atomic E-state index is 0.319. The third kappa shape index (κ3) is 3.09. The summed E-state index contributed by atoms with van der Waals surface area (Å²) in [5.74, 6) is 1.30. The van der Waals surface area contributed by atoms with Crippen molar-refractivity contribution in [1.82, 2.24) is 14.7 Å². The van der Waals surface area contributed by atoms with E-state index in [1.54, 1.807) is 17.7 Å². The van der Waals surface area contributed by atoms with Crippen molar-refractivity contribution < 1.29 is 8.42 Å². The van der Waals surface area contributed by atoms with Crippen LogP contribution < -0.4 is 9.62 Å². The Balaban J connectivity index is 1.81. The maximum atomic E-state index is 11.2. The number of thiophene rings is 1. The van der Waals surface area contributed by atoms with E-state index in [9.17, 15) is 8.42 Å². The van der Waals surface area contributed by atoms with Gasteiger partial charge in [0.1, 0.15) is 17.0 Å². The van der Waals surface area contributed by atoms with E-state index >= 15 is 0 Å². The minimum Gasteiger partial charge on any atom is -0.356 e. The van der Waals surface area contributed by atoms with Crippen molar-refractivity contribution in [3.63, 3.8) is 0 Å². The average molecular weight is 340 g/mol. The number of rotatable bonds is 4. The summed E-state index contributed by atoms with van der Waals surface area (Å²) >= 11 is 1.70.